The molecule has 0 atom stereocenters. The van der Waals surface area contributed by atoms with Crippen LogP contribution in [-0.4, -0.2) is 47.4 Å². The van der Waals surface area contributed by atoms with Crippen LogP contribution in [0.25, 0.3) is 0 Å². The molecule has 0 aliphatic carbocycles. The van der Waals surface area contributed by atoms with Gasteiger partial charge in [0.25, 0.3) is 0 Å². The predicted octanol–water partition coefficient (Wildman–Crippen LogP) is 3.32. The number of hydrogen-bond acceptors (Lipinski definition) is 4. The maximum absolute atomic E-state index is 11.3. The number of rotatable bonds is 7. The van der Waals surface area contributed by atoms with Crippen LogP contribution in [0.5, 0.6) is 0 Å². The van der Waals surface area contributed by atoms with E-state index < -0.39 is 6.09 Å². The van der Waals surface area contributed by atoms with Gasteiger partial charge in [-0.3, -0.25) is 10.00 Å². The van der Waals surface area contributed by atoms with Crippen LogP contribution in [0.2, 0.25) is 0 Å². The molecule has 1 amide bonds. The number of aliphatic imine (C=N–C) groups is 1. The minimum atomic E-state index is -0.483. The Bertz CT molecular complexity index is 826. The zero-order valence-electron chi connectivity index (χ0n) is 18.2. The highest BCUT2D eigenvalue weighted by Crippen LogP contribution is 2.18. The van der Waals surface area contributed by atoms with Crippen molar-refractivity contribution < 1.29 is 9.53 Å². The summed E-state index contributed by atoms with van der Waals surface area (Å²) < 4.78 is 6.47. The number of nitrogens with one attached hydrogen (secondary N) is 2. The molecule has 0 unspecified atom stereocenters. The molecule has 8 nitrogen and oxygen atoms in total. The van der Waals surface area contributed by atoms with Crippen molar-refractivity contribution in [3.05, 3.63) is 47.3 Å². The lowest BCUT2D eigenvalue weighted by Crippen LogP contribution is -2.38. The fourth-order valence-electron chi connectivity index (χ4n) is 2.99. The third kappa shape index (κ3) is 6.51. The Kier molecular flexibility index (Phi) is 8.06. The first-order chi connectivity index (χ1) is 13.8. The summed E-state index contributed by atoms with van der Waals surface area (Å²) in [7, 11) is 5.32. The smallest absolute Gasteiger partial charge is 0.411 e. The highest BCUT2D eigenvalue weighted by molar-refractivity contribution is 5.84. The van der Waals surface area contributed by atoms with Gasteiger partial charge in [0.2, 0.25) is 0 Å². The summed E-state index contributed by atoms with van der Waals surface area (Å²) in [6, 6.07) is 7.55. The van der Waals surface area contributed by atoms with Crippen LogP contribution in [0.15, 0.2) is 35.5 Å². The van der Waals surface area contributed by atoms with Gasteiger partial charge in [-0.05, 0) is 30.5 Å². The number of amides is 1. The van der Waals surface area contributed by atoms with Crippen molar-refractivity contribution in [1.29, 1.82) is 0 Å². The summed E-state index contributed by atoms with van der Waals surface area (Å²) in [5.41, 5.74) is 4.05. The molecule has 2 N–H and O–H groups in total. The largest absolute Gasteiger partial charge is 0.453 e. The second kappa shape index (κ2) is 10.5. The molecule has 0 saturated heterocycles. The van der Waals surface area contributed by atoms with Gasteiger partial charge >= 0.3 is 6.09 Å². The van der Waals surface area contributed by atoms with Gasteiger partial charge in [0.15, 0.2) is 5.96 Å². The van der Waals surface area contributed by atoms with Crippen molar-refractivity contribution in [3.63, 3.8) is 0 Å². The number of guanidine groups is 1. The Labute approximate surface area is 173 Å². The molecule has 0 fully saturated rings. The Morgan fingerprint density at radius 3 is 2.59 bits per heavy atom. The number of benzene rings is 1. The van der Waals surface area contributed by atoms with E-state index in [2.05, 4.69) is 52.3 Å². The molecule has 29 heavy (non-hydrogen) atoms. The molecule has 2 aromatic rings. The van der Waals surface area contributed by atoms with Crippen molar-refractivity contribution in [2.24, 2.45) is 12.0 Å². The van der Waals surface area contributed by atoms with Crippen molar-refractivity contribution >= 4 is 17.7 Å². The molecule has 0 aliphatic heterocycles. The molecule has 8 heteroatoms. The lowest BCUT2D eigenvalue weighted by atomic mass is 10.1. The molecule has 0 bridgehead atoms. The second-order valence-electron chi connectivity index (χ2n) is 7.21. The summed E-state index contributed by atoms with van der Waals surface area (Å²) in [6.45, 7) is 8.42. The molecule has 2 rings (SSSR count). The van der Waals surface area contributed by atoms with E-state index in [1.807, 2.05) is 43.0 Å². The number of hydrogen-bond donors (Lipinski definition) is 2. The van der Waals surface area contributed by atoms with Crippen LogP contribution in [0.4, 0.5) is 10.5 Å². The number of carbonyl (C=O) groups excluding carboxylic acids is 1. The summed E-state index contributed by atoms with van der Waals surface area (Å²) in [5.74, 6) is 1.21. The highest BCUT2D eigenvalue weighted by atomic mass is 16.5. The summed E-state index contributed by atoms with van der Waals surface area (Å²) in [6.07, 6.45) is 1.59. The van der Waals surface area contributed by atoms with Crippen LogP contribution < -0.4 is 10.6 Å². The van der Waals surface area contributed by atoms with E-state index in [1.54, 1.807) is 0 Å². The number of ether oxygens (including phenoxy) is 1. The minimum absolute atomic E-state index is 0.372. The van der Waals surface area contributed by atoms with Crippen LogP contribution in [0, 0.1) is 0 Å². The van der Waals surface area contributed by atoms with E-state index in [-0.39, 0.29) is 0 Å². The summed E-state index contributed by atoms with van der Waals surface area (Å²) in [5, 5.41) is 10.6. The number of aromatic nitrogens is 2. The quantitative estimate of drug-likeness (QED) is 0.550. The molecule has 1 aromatic carbocycles. The van der Waals surface area contributed by atoms with Gasteiger partial charge in [0.1, 0.15) is 0 Å². The first-order valence-corrected chi connectivity index (χ1v) is 9.79. The Hall–Kier alpha value is -3.03. The van der Waals surface area contributed by atoms with Gasteiger partial charge in [0.05, 0.1) is 19.3 Å². The fourth-order valence-corrected chi connectivity index (χ4v) is 2.99. The van der Waals surface area contributed by atoms with Crippen molar-refractivity contribution in [3.8, 4) is 0 Å². The minimum Gasteiger partial charge on any atom is -0.453 e. The average molecular weight is 401 g/mol. The van der Waals surface area contributed by atoms with Crippen molar-refractivity contribution in [2.45, 2.75) is 39.8 Å². The maximum atomic E-state index is 11.3. The van der Waals surface area contributed by atoms with Crippen LogP contribution in [-0.2, 0) is 24.9 Å². The van der Waals surface area contributed by atoms with Crippen LogP contribution >= 0.6 is 0 Å². The van der Waals surface area contributed by atoms with Gasteiger partial charge in [-0.2, -0.15) is 5.10 Å². The van der Waals surface area contributed by atoms with Gasteiger partial charge in [0, 0.05) is 44.6 Å². The van der Waals surface area contributed by atoms with Crippen molar-refractivity contribution in [2.75, 3.05) is 26.0 Å². The zero-order chi connectivity index (χ0) is 21.4. The number of nitrogens with zero attached hydrogens (tertiary/aromatic N) is 4. The molecule has 1 heterocycles. The van der Waals surface area contributed by atoms with Crippen LogP contribution in [0.1, 0.15) is 43.5 Å². The molecular weight excluding hydrogens is 368 g/mol. The lowest BCUT2D eigenvalue weighted by Gasteiger charge is -2.22. The standard InChI is InChI=1S/C21H32N6O2/c1-7-22-20(26(4)13-17-14-27(5)25-19(17)15(2)3)23-12-16-8-10-18(11-9-16)24-21(28)29-6/h8-11,14-15H,7,12-13H2,1-6H3,(H,22,23)(H,24,28). The Morgan fingerprint density at radius 1 is 1.31 bits per heavy atom. The summed E-state index contributed by atoms with van der Waals surface area (Å²) >= 11 is 0. The number of carbonyl (C=O) groups is 1. The lowest BCUT2D eigenvalue weighted by molar-refractivity contribution is 0.187. The normalized spacial score (nSPS) is 11.5. The predicted molar refractivity (Wildman–Crippen MR) is 116 cm³/mol. The van der Waals surface area contributed by atoms with Crippen molar-refractivity contribution in [1.82, 2.24) is 20.0 Å². The molecule has 158 valence electrons. The molecule has 0 aliphatic rings. The molecule has 1 aromatic heterocycles. The Balaban J connectivity index is 2.08. The Morgan fingerprint density at radius 2 is 2.00 bits per heavy atom. The fraction of sp³-hybridized carbons (Fsp3) is 0.476. The molecule has 0 saturated carbocycles. The highest BCUT2D eigenvalue weighted by Gasteiger charge is 2.15. The van der Waals surface area contributed by atoms with E-state index >= 15 is 0 Å². The van der Waals surface area contributed by atoms with Gasteiger partial charge in [-0.25, -0.2) is 9.79 Å². The van der Waals surface area contributed by atoms with E-state index in [9.17, 15) is 4.79 Å². The monoisotopic (exact) mass is 400 g/mol. The molecule has 0 radical (unpaired) electrons. The van der Waals surface area contributed by atoms with Crippen LogP contribution in [0.3, 0.4) is 0 Å². The van der Waals surface area contributed by atoms with E-state index in [4.69, 9.17) is 4.99 Å². The molecule has 0 spiro atoms. The number of aryl methyl sites for hydroxylation is 1. The topological polar surface area (TPSA) is 83.8 Å². The second-order valence-corrected chi connectivity index (χ2v) is 7.21. The maximum Gasteiger partial charge on any atom is 0.411 e. The van der Waals surface area contributed by atoms with Gasteiger partial charge < -0.3 is 15.0 Å². The van der Waals surface area contributed by atoms with E-state index in [0.29, 0.717) is 18.2 Å². The van der Waals surface area contributed by atoms with E-state index in [1.165, 1.54) is 12.7 Å². The zero-order valence-corrected chi connectivity index (χ0v) is 18.2. The number of methoxy groups -OCH3 is 1. The number of anilines is 1. The third-order valence-electron chi connectivity index (χ3n) is 4.39. The third-order valence-corrected chi connectivity index (χ3v) is 4.39. The van der Waals surface area contributed by atoms with E-state index in [0.717, 1.165) is 30.3 Å². The molecular formula is C21H32N6O2. The first-order valence-electron chi connectivity index (χ1n) is 9.79. The summed E-state index contributed by atoms with van der Waals surface area (Å²) in [4.78, 5) is 18.1. The van der Waals surface area contributed by atoms with Gasteiger partial charge in [-0.1, -0.05) is 26.0 Å². The first kappa shape index (κ1) is 22.3. The SMILES string of the molecule is CCNC(=NCc1ccc(NC(=O)OC)cc1)N(C)Cc1cn(C)nc1C(C)C. The van der Waals surface area contributed by atoms with Gasteiger partial charge in [-0.15, -0.1) is 0 Å². The average Bonchev–Trinajstić information content (AvgIpc) is 3.06.